The lowest BCUT2D eigenvalue weighted by molar-refractivity contribution is 0.309. The lowest BCUT2D eigenvalue weighted by Crippen LogP contribution is -2.28. The summed E-state index contributed by atoms with van der Waals surface area (Å²) in [6, 6.07) is 9.58. The molecule has 0 spiro atoms. The minimum atomic E-state index is 0.545. The summed E-state index contributed by atoms with van der Waals surface area (Å²) in [5, 5.41) is 3.75. The summed E-state index contributed by atoms with van der Waals surface area (Å²) < 4.78 is 0. The first-order valence-corrected chi connectivity index (χ1v) is 7.96. The lowest BCUT2D eigenvalue weighted by Gasteiger charge is -2.22. The number of anilines is 1. The van der Waals surface area contributed by atoms with Crippen molar-refractivity contribution in [1.82, 2.24) is 5.32 Å². The van der Waals surface area contributed by atoms with Crippen molar-refractivity contribution in [3.63, 3.8) is 0 Å². The van der Waals surface area contributed by atoms with Gasteiger partial charge in [-0.15, -0.1) is 0 Å². The van der Waals surface area contributed by atoms with Gasteiger partial charge in [0.1, 0.15) is 0 Å². The summed E-state index contributed by atoms with van der Waals surface area (Å²) in [4.78, 5) is 2.14. The number of rotatable bonds is 4. The molecule has 0 radical (unpaired) electrons. The molecule has 1 saturated carbocycles. The molecule has 2 rings (SSSR count). The molecule has 2 heteroatoms. The fourth-order valence-corrected chi connectivity index (χ4v) is 3.04. The minimum absolute atomic E-state index is 0.545. The summed E-state index contributed by atoms with van der Waals surface area (Å²) in [5.74, 6) is 0. The Morgan fingerprint density at radius 1 is 1.10 bits per heavy atom. The first kappa shape index (κ1) is 15.4. The van der Waals surface area contributed by atoms with Crippen molar-refractivity contribution in [2.75, 3.05) is 19.0 Å². The van der Waals surface area contributed by atoms with E-state index < -0.39 is 0 Å². The average Bonchev–Trinajstić information content (AvgIpc) is 2.58. The Kier molecular flexibility index (Phi) is 5.09. The van der Waals surface area contributed by atoms with E-state index in [-0.39, 0.29) is 0 Å². The molecule has 0 heterocycles. The summed E-state index contributed by atoms with van der Waals surface area (Å²) in [5.41, 5.74) is 3.20. The molecule has 1 fully saturated rings. The largest absolute Gasteiger partial charge is 0.378 e. The van der Waals surface area contributed by atoms with E-state index in [9.17, 15) is 0 Å². The van der Waals surface area contributed by atoms with Crippen molar-refractivity contribution in [3.8, 4) is 0 Å². The predicted octanol–water partition coefficient (Wildman–Crippen LogP) is 4.20. The van der Waals surface area contributed by atoms with Crippen LogP contribution in [0.25, 0.3) is 0 Å². The van der Waals surface area contributed by atoms with E-state index in [4.69, 9.17) is 0 Å². The molecule has 112 valence electrons. The number of hydrogen-bond donors (Lipinski definition) is 1. The molecule has 1 aliphatic rings. The second-order valence-electron chi connectivity index (χ2n) is 7.23. The Morgan fingerprint density at radius 3 is 2.45 bits per heavy atom. The van der Waals surface area contributed by atoms with E-state index in [1.165, 1.54) is 43.4 Å². The molecule has 1 atom stereocenters. The normalized spacial score (nSPS) is 22.3. The van der Waals surface area contributed by atoms with Crippen LogP contribution < -0.4 is 10.2 Å². The van der Waals surface area contributed by atoms with Crippen molar-refractivity contribution in [2.45, 2.75) is 58.5 Å². The maximum absolute atomic E-state index is 3.75. The fourth-order valence-electron chi connectivity index (χ4n) is 3.04. The first-order valence-electron chi connectivity index (χ1n) is 7.96. The van der Waals surface area contributed by atoms with E-state index in [0.29, 0.717) is 11.5 Å². The maximum atomic E-state index is 3.75. The Labute approximate surface area is 124 Å². The number of nitrogens with zero attached hydrogens (tertiary/aromatic N) is 1. The van der Waals surface area contributed by atoms with Crippen LogP contribution in [0.1, 0.15) is 51.5 Å². The lowest BCUT2D eigenvalue weighted by atomic mass is 9.85. The van der Waals surface area contributed by atoms with Crippen molar-refractivity contribution < 1.29 is 0 Å². The van der Waals surface area contributed by atoms with Gasteiger partial charge in [-0.1, -0.05) is 32.4 Å². The molecule has 0 bridgehead atoms. The molecule has 0 aromatic heterocycles. The van der Waals surface area contributed by atoms with Crippen LogP contribution in [0.4, 0.5) is 5.69 Å². The fraction of sp³-hybridized carbons (Fsp3) is 0.667. The third-order valence-corrected chi connectivity index (χ3v) is 4.62. The smallest absolute Gasteiger partial charge is 0.0361 e. The first-order chi connectivity index (χ1) is 9.46. The van der Waals surface area contributed by atoms with Gasteiger partial charge in [0.15, 0.2) is 0 Å². The zero-order valence-corrected chi connectivity index (χ0v) is 13.6. The van der Waals surface area contributed by atoms with Crippen LogP contribution in [-0.4, -0.2) is 20.1 Å². The van der Waals surface area contributed by atoms with Crippen LogP contribution in [-0.2, 0) is 6.54 Å². The monoisotopic (exact) mass is 274 g/mol. The van der Waals surface area contributed by atoms with E-state index in [2.05, 4.69) is 62.4 Å². The second kappa shape index (κ2) is 6.62. The van der Waals surface area contributed by atoms with Gasteiger partial charge in [-0.25, -0.2) is 0 Å². The standard InChI is InChI=1S/C18H30N2/c1-18(2)12-5-6-16(11-13-18)19-14-15-7-9-17(10-8-15)20(3)4/h7-10,16,19H,5-6,11-14H2,1-4H3. The van der Waals surface area contributed by atoms with Gasteiger partial charge in [0.25, 0.3) is 0 Å². The molecule has 20 heavy (non-hydrogen) atoms. The zero-order valence-electron chi connectivity index (χ0n) is 13.6. The molecule has 2 nitrogen and oxygen atoms in total. The van der Waals surface area contributed by atoms with Gasteiger partial charge in [0.05, 0.1) is 0 Å². The van der Waals surface area contributed by atoms with Gasteiger partial charge in [-0.2, -0.15) is 0 Å². The average molecular weight is 274 g/mol. The molecule has 0 aliphatic heterocycles. The molecular formula is C18H30N2. The zero-order chi connectivity index (χ0) is 14.6. The van der Waals surface area contributed by atoms with Crippen molar-refractivity contribution in [2.24, 2.45) is 5.41 Å². The molecule has 0 amide bonds. The number of nitrogens with one attached hydrogen (secondary N) is 1. The summed E-state index contributed by atoms with van der Waals surface area (Å²) in [7, 11) is 4.17. The highest BCUT2D eigenvalue weighted by molar-refractivity contribution is 5.45. The third-order valence-electron chi connectivity index (χ3n) is 4.62. The highest BCUT2D eigenvalue weighted by Gasteiger charge is 2.23. The quantitative estimate of drug-likeness (QED) is 0.828. The van der Waals surface area contributed by atoms with Crippen LogP contribution in [0, 0.1) is 5.41 Å². The molecular weight excluding hydrogens is 244 g/mol. The van der Waals surface area contributed by atoms with Crippen molar-refractivity contribution in [1.29, 1.82) is 0 Å². The molecule has 1 unspecified atom stereocenters. The van der Waals surface area contributed by atoms with Crippen molar-refractivity contribution >= 4 is 5.69 Å². The Morgan fingerprint density at radius 2 is 1.80 bits per heavy atom. The Hall–Kier alpha value is -1.02. The van der Waals surface area contributed by atoms with E-state index in [1.807, 2.05) is 0 Å². The van der Waals surface area contributed by atoms with Gasteiger partial charge in [0, 0.05) is 32.4 Å². The van der Waals surface area contributed by atoms with Crippen LogP contribution in [0.3, 0.4) is 0 Å². The van der Waals surface area contributed by atoms with E-state index in [1.54, 1.807) is 0 Å². The molecule has 1 aliphatic carbocycles. The van der Waals surface area contributed by atoms with Crippen molar-refractivity contribution in [3.05, 3.63) is 29.8 Å². The van der Waals surface area contributed by atoms with Gasteiger partial charge in [-0.05, 0) is 48.8 Å². The Bertz CT molecular complexity index is 406. The van der Waals surface area contributed by atoms with Crippen LogP contribution in [0.2, 0.25) is 0 Å². The van der Waals surface area contributed by atoms with Crippen LogP contribution in [0.5, 0.6) is 0 Å². The third kappa shape index (κ3) is 4.52. The highest BCUT2D eigenvalue weighted by atomic mass is 15.1. The number of hydrogen-bond acceptors (Lipinski definition) is 2. The van der Waals surface area contributed by atoms with Crippen LogP contribution >= 0.6 is 0 Å². The van der Waals surface area contributed by atoms with Gasteiger partial charge in [0.2, 0.25) is 0 Å². The van der Waals surface area contributed by atoms with Gasteiger partial charge >= 0.3 is 0 Å². The van der Waals surface area contributed by atoms with E-state index >= 15 is 0 Å². The SMILES string of the molecule is CN(C)c1ccc(CNC2CCCC(C)(C)CC2)cc1. The molecule has 1 N–H and O–H groups in total. The Balaban J connectivity index is 1.82. The van der Waals surface area contributed by atoms with E-state index in [0.717, 1.165) is 6.54 Å². The summed E-state index contributed by atoms with van der Waals surface area (Å²) in [6.07, 6.45) is 6.75. The molecule has 0 saturated heterocycles. The summed E-state index contributed by atoms with van der Waals surface area (Å²) in [6.45, 7) is 5.82. The predicted molar refractivity (Wildman–Crippen MR) is 88.3 cm³/mol. The topological polar surface area (TPSA) is 15.3 Å². The minimum Gasteiger partial charge on any atom is -0.378 e. The summed E-state index contributed by atoms with van der Waals surface area (Å²) >= 11 is 0. The number of benzene rings is 1. The highest BCUT2D eigenvalue weighted by Crippen LogP contribution is 2.33. The maximum Gasteiger partial charge on any atom is 0.0361 e. The van der Waals surface area contributed by atoms with Crippen LogP contribution in [0.15, 0.2) is 24.3 Å². The second-order valence-corrected chi connectivity index (χ2v) is 7.23. The van der Waals surface area contributed by atoms with Gasteiger partial charge in [-0.3, -0.25) is 0 Å². The molecule has 1 aromatic carbocycles. The van der Waals surface area contributed by atoms with Gasteiger partial charge < -0.3 is 10.2 Å². The molecule has 1 aromatic rings.